The van der Waals surface area contributed by atoms with Crippen LogP contribution in [-0.2, 0) is 29.6 Å². The Balaban J connectivity index is 1.46. The van der Waals surface area contributed by atoms with Gasteiger partial charge in [0.2, 0.25) is 0 Å². The fourth-order valence-electron chi connectivity index (χ4n) is 5.21. The molecule has 1 aliphatic carbocycles. The summed E-state index contributed by atoms with van der Waals surface area (Å²) >= 11 is 0. The molecule has 5 nitrogen and oxygen atoms in total. The van der Waals surface area contributed by atoms with Crippen molar-refractivity contribution in [3.8, 4) is 6.07 Å². The van der Waals surface area contributed by atoms with Crippen molar-refractivity contribution >= 4 is 5.91 Å². The van der Waals surface area contributed by atoms with Gasteiger partial charge in [-0.05, 0) is 67.0 Å². The van der Waals surface area contributed by atoms with Gasteiger partial charge in [0.15, 0.2) is 0 Å². The van der Waals surface area contributed by atoms with Gasteiger partial charge in [0.05, 0.1) is 24.7 Å². The molecule has 1 atom stereocenters. The van der Waals surface area contributed by atoms with Gasteiger partial charge in [0, 0.05) is 17.6 Å². The molecule has 0 aromatic heterocycles. The number of nitrogens with two attached hydrogens (primary N) is 1. The summed E-state index contributed by atoms with van der Waals surface area (Å²) in [7, 11) is 0. The van der Waals surface area contributed by atoms with Crippen molar-refractivity contribution in [2.24, 2.45) is 5.73 Å². The van der Waals surface area contributed by atoms with Crippen molar-refractivity contribution in [1.29, 1.82) is 5.26 Å². The predicted octanol–water partition coefficient (Wildman–Crippen LogP) is 5.47. The number of carbonyl (C=O) groups excluding carboxylic acids is 1. The SMILES string of the molecule is C[C@](N)(COCc1cc(C(=O)NCCc2ccccc2)cc(C2(C#N)CCCC2)c1)Cc1ccccc1. The highest BCUT2D eigenvalue weighted by molar-refractivity contribution is 5.94. The number of benzene rings is 3. The van der Waals surface area contributed by atoms with Crippen LogP contribution < -0.4 is 11.1 Å². The van der Waals surface area contributed by atoms with Gasteiger partial charge in [0.1, 0.15) is 0 Å². The molecule has 0 aliphatic heterocycles. The molecule has 1 saturated carbocycles. The Kier molecular flexibility index (Phi) is 8.76. The number of nitriles is 1. The molecule has 3 aromatic rings. The third-order valence-corrected chi connectivity index (χ3v) is 7.17. The molecule has 0 radical (unpaired) electrons. The zero-order chi connectivity index (χ0) is 26.1. The van der Waals surface area contributed by atoms with Gasteiger partial charge in [-0.2, -0.15) is 5.26 Å². The van der Waals surface area contributed by atoms with E-state index in [2.05, 4.69) is 35.7 Å². The van der Waals surface area contributed by atoms with Gasteiger partial charge in [0.25, 0.3) is 5.91 Å². The molecule has 0 saturated heterocycles. The predicted molar refractivity (Wildman–Crippen MR) is 147 cm³/mol. The molecule has 0 unspecified atom stereocenters. The van der Waals surface area contributed by atoms with E-state index in [1.807, 2.05) is 61.5 Å². The average molecular weight is 496 g/mol. The number of nitrogens with zero attached hydrogens (tertiary/aromatic N) is 1. The average Bonchev–Trinajstić information content (AvgIpc) is 3.40. The number of carbonyl (C=O) groups is 1. The quantitative estimate of drug-likeness (QED) is 0.369. The van der Waals surface area contributed by atoms with Crippen LogP contribution in [0.25, 0.3) is 0 Å². The Hall–Kier alpha value is -3.46. The molecule has 3 N–H and O–H groups in total. The summed E-state index contributed by atoms with van der Waals surface area (Å²) in [5.41, 5.74) is 10.2. The number of hydrogen-bond donors (Lipinski definition) is 2. The van der Waals surface area contributed by atoms with E-state index in [0.29, 0.717) is 31.7 Å². The van der Waals surface area contributed by atoms with Crippen molar-refractivity contribution in [1.82, 2.24) is 5.32 Å². The Morgan fingerprint density at radius 3 is 2.30 bits per heavy atom. The Morgan fingerprint density at radius 1 is 1.00 bits per heavy atom. The molecule has 37 heavy (non-hydrogen) atoms. The van der Waals surface area contributed by atoms with E-state index in [9.17, 15) is 10.1 Å². The van der Waals surface area contributed by atoms with Crippen molar-refractivity contribution in [3.05, 3.63) is 107 Å². The molecule has 4 rings (SSSR count). The van der Waals surface area contributed by atoms with Gasteiger partial charge in [-0.25, -0.2) is 0 Å². The van der Waals surface area contributed by atoms with E-state index in [-0.39, 0.29) is 5.91 Å². The number of ether oxygens (including phenoxy) is 1. The van der Waals surface area contributed by atoms with E-state index in [4.69, 9.17) is 10.5 Å². The van der Waals surface area contributed by atoms with Crippen LogP contribution in [0.3, 0.4) is 0 Å². The highest BCUT2D eigenvalue weighted by atomic mass is 16.5. The molecule has 1 fully saturated rings. The van der Waals surface area contributed by atoms with Crippen molar-refractivity contribution in [2.45, 2.75) is 63.0 Å². The lowest BCUT2D eigenvalue weighted by molar-refractivity contribution is 0.0789. The molecule has 192 valence electrons. The Morgan fingerprint density at radius 2 is 1.65 bits per heavy atom. The van der Waals surface area contributed by atoms with Gasteiger partial charge in [-0.1, -0.05) is 79.6 Å². The van der Waals surface area contributed by atoms with Gasteiger partial charge in [-0.15, -0.1) is 0 Å². The van der Waals surface area contributed by atoms with Crippen LogP contribution in [0.1, 0.15) is 65.2 Å². The van der Waals surface area contributed by atoms with Crippen LogP contribution in [0.15, 0.2) is 78.9 Å². The third kappa shape index (κ3) is 7.29. The van der Waals surface area contributed by atoms with Crippen LogP contribution in [0.4, 0.5) is 0 Å². The smallest absolute Gasteiger partial charge is 0.251 e. The minimum Gasteiger partial charge on any atom is -0.375 e. The first kappa shape index (κ1) is 26.6. The topological polar surface area (TPSA) is 88.1 Å². The normalized spacial score (nSPS) is 16.0. The van der Waals surface area contributed by atoms with E-state index in [1.54, 1.807) is 0 Å². The number of hydrogen-bond acceptors (Lipinski definition) is 4. The lowest BCUT2D eigenvalue weighted by Crippen LogP contribution is -2.43. The molecular weight excluding hydrogens is 458 g/mol. The van der Waals surface area contributed by atoms with Crippen LogP contribution >= 0.6 is 0 Å². The number of rotatable bonds is 11. The standard InChI is InChI=1S/C32H37N3O2/c1-31(34,21-26-12-6-3-7-13-26)24-37-22-27-18-28(20-29(19-27)32(23-33)15-8-9-16-32)30(36)35-17-14-25-10-4-2-5-11-25/h2-7,10-13,18-20H,8-9,14-17,21-22,24,34H2,1H3,(H,35,36)/t31-/m1/s1. The fraction of sp³-hybridized carbons (Fsp3) is 0.375. The van der Waals surface area contributed by atoms with E-state index in [0.717, 1.165) is 43.2 Å². The molecule has 1 amide bonds. The first-order valence-corrected chi connectivity index (χ1v) is 13.2. The van der Waals surface area contributed by atoms with Crippen LogP contribution in [0.2, 0.25) is 0 Å². The molecule has 0 bridgehead atoms. The van der Waals surface area contributed by atoms with Crippen LogP contribution in [0.5, 0.6) is 0 Å². The molecule has 1 aliphatic rings. The van der Waals surface area contributed by atoms with Gasteiger partial charge >= 0.3 is 0 Å². The number of amides is 1. The summed E-state index contributed by atoms with van der Waals surface area (Å²) in [6.45, 7) is 3.26. The first-order valence-electron chi connectivity index (χ1n) is 13.2. The summed E-state index contributed by atoms with van der Waals surface area (Å²) < 4.78 is 6.08. The minimum atomic E-state index is -0.537. The molecule has 5 heteroatoms. The highest BCUT2D eigenvalue weighted by Gasteiger charge is 2.36. The zero-order valence-corrected chi connectivity index (χ0v) is 21.7. The zero-order valence-electron chi connectivity index (χ0n) is 21.7. The second-order valence-electron chi connectivity index (χ2n) is 10.6. The summed E-state index contributed by atoms with van der Waals surface area (Å²) in [6, 6.07) is 28.7. The second-order valence-corrected chi connectivity index (χ2v) is 10.6. The lowest BCUT2D eigenvalue weighted by atomic mass is 9.79. The highest BCUT2D eigenvalue weighted by Crippen LogP contribution is 2.41. The van der Waals surface area contributed by atoms with Crippen LogP contribution in [0, 0.1) is 11.3 Å². The fourth-order valence-corrected chi connectivity index (χ4v) is 5.21. The van der Waals surface area contributed by atoms with Crippen molar-refractivity contribution < 1.29 is 9.53 Å². The van der Waals surface area contributed by atoms with Gasteiger partial charge in [-0.3, -0.25) is 4.79 Å². The molecular formula is C32H37N3O2. The first-order chi connectivity index (χ1) is 17.9. The molecule has 3 aromatic carbocycles. The lowest BCUT2D eigenvalue weighted by Gasteiger charge is -2.25. The van der Waals surface area contributed by atoms with E-state index in [1.165, 1.54) is 11.1 Å². The monoisotopic (exact) mass is 495 g/mol. The maximum absolute atomic E-state index is 13.1. The minimum absolute atomic E-state index is 0.127. The van der Waals surface area contributed by atoms with Crippen molar-refractivity contribution in [2.75, 3.05) is 13.2 Å². The van der Waals surface area contributed by atoms with Crippen molar-refractivity contribution in [3.63, 3.8) is 0 Å². The number of nitrogens with one attached hydrogen (secondary N) is 1. The summed E-state index contributed by atoms with van der Waals surface area (Å²) in [4.78, 5) is 13.1. The summed E-state index contributed by atoms with van der Waals surface area (Å²) in [5.74, 6) is -0.127. The Bertz CT molecular complexity index is 1210. The second kappa shape index (κ2) is 12.2. The largest absolute Gasteiger partial charge is 0.375 e. The maximum Gasteiger partial charge on any atom is 0.251 e. The van der Waals surface area contributed by atoms with E-state index < -0.39 is 11.0 Å². The van der Waals surface area contributed by atoms with Crippen LogP contribution in [-0.4, -0.2) is 24.6 Å². The Labute approximate surface area is 220 Å². The summed E-state index contributed by atoms with van der Waals surface area (Å²) in [5, 5.41) is 13.1. The van der Waals surface area contributed by atoms with Gasteiger partial charge < -0.3 is 15.8 Å². The summed E-state index contributed by atoms with van der Waals surface area (Å²) in [6.07, 6.45) is 5.17. The van der Waals surface area contributed by atoms with E-state index >= 15 is 0 Å². The maximum atomic E-state index is 13.1. The molecule has 0 heterocycles. The molecule has 0 spiro atoms. The third-order valence-electron chi connectivity index (χ3n) is 7.17.